The molecular formula is C25H26Cl3N3O3S. The van der Waals surface area contributed by atoms with E-state index >= 15 is 0 Å². The molecule has 4 rings (SSSR count). The molecule has 1 amide bonds. The second-order valence-corrected chi connectivity index (χ2v) is 12.2. The Hall–Kier alpha value is -2.06. The second-order valence-electron chi connectivity index (χ2n) is 9.04. The molecule has 3 aromatic rings. The summed E-state index contributed by atoms with van der Waals surface area (Å²) in [4.78, 5) is 13.4. The third-order valence-corrected chi connectivity index (χ3v) is 8.66. The highest BCUT2D eigenvalue weighted by Crippen LogP contribution is 2.36. The van der Waals surface area contributed by atoms with Gasteiger partial charge in [0, 0.05) is 18.5 Å². The number of carbonyl (C=O) groups excluding carboxylic acids is 1. The summed E-state index contributed by atoms with van der Waals surface area (Å²) in [6.45, 7) is 0.473. The fourth-order valence-electron chi connectivity index (χ4n) is 4.56. The number of benzene rings is 2. The standard InChI is InChI=1S/C25H26Cl3N3O3S/c1-35(33,34)23-9-7-18(14-22(23)28)19(12-16-4-2-3-5-16)25(32)29-24-10-11-31(30-24)15-17-6-8-20(26)21(27)13-17/h6-11,13-14,16,19H,2-5,12,15H2,1H3,(H,29,30,32). The molecule has 1 atom stereocenters. The first kappa shape index (κ1) is 26.0. The highest BCUT2D eigenvalue weighted by Gasteiger charge is 2.28. The van der Waals surface area contributed by atoms with Crippen LogP contribution in [0.2, 0.25) is 15.1 Å². The predicted molar refractivity (Wildman–Crippen MR) is 140 cm³/mol. The maximum Gasteiger partial charge on any atom is 0.233 e. The lowest BCUT2D eigenvalue weighted by molar-refractivity contribution is -0.118. The Balaban J connectivity index is 1.53. The quantitative estimate of drug-likeness (QED) is 0.340. The number of sulfone groups is 1. The Morgan fingerprint density at radius 2 is 1.80 bits per heavy atom. The van der Waals surface area contributed by atoms with E-state index in [4.69, 9.17) is 34.8 Å². The van der Waals surface area contributed by atoms with E-state index in [-0.39, 0.29) is 15.8 Å². The van der Waals surface area contributed by atoms with Crippen molar-refractivity contribution in [3.63, 3.8) is 0 Å². The van der Waals surface area contributed by atoms with E-state index in [1.54, 1.807) is 41.2 Å². The third kappa shape index (κ3) is 6.58. The van der Waals surface area contributed by atoms with Gasteiger partial charge in [-0.25, -0.2) is 8.42 Å². The first-order valence-electron chi connectivity index (χ1n) is 11.4. The van der Waals surface area contributed by atoms with Crippen LogP contribution in [0.3, 0.4) is 0 Å². The van der Waals surface area contributed by atoms with Crippen LogP contribution in [0.1, 0.15) is 49.1 Å². The van der Waals surface area contributed by atoms with Crippen LogP contribution in [0.25, 0.3) is 0 Å². The van der Waals surface area contributed by atoms with Crippen molar-refractivity contribution in [2.24, 2.45) is 5.92 Å². The van der Waals surface area contributed by atoms with Crippen molar-refractivity contribution in [3.8, 4) is 0 Å². The molecule has 0 aliphatic heterocycles. The molecule has 0 bridgehead atoms. The molecule has 1 N–H and O–H groups in total. The van der Waals surface area contributed by atoms with Crippen molar-refractivity contribution < 1.29 is 13.2 Å². The number of aromatic nitrogens is 2. The van der Waals surface area contributed by atoms with Crippen molar-refractivity contribution in [1.29, 1.82) is 0 Å². The third-order valence-electron chi connectivity index (χ3n) is 6.34. The summed E-state index contributed by atoms with van der Waals surface area (Å²) in [5, 5.41) is 8.48. The number of nitrogens with zero attached hydrogens (tertiary/aromatic N) is 2. The van der Waals surface area contributed by atoms with Gasteiger partial charge in [-0.1, -0.05) is 72.6 Å². The topological polar surface area (TPSA) is 81.1 Å². The highest BCUT2D eigenvalue weighted by atomic mass is 35.5. The van der Waals surface area contributed by atoms with Gasteiger partial charge in [-0.2, -0.15) is 5.10 Å². The van der Waals surface area contributed by atoms with Crippen LogP contribution >= 0.6 is 34.8 Å². The summed E-state index contributed by atoms with van der Waals surface area (Å²) < 4.78 is 25.6. The van der Waals surface area contributed by atoms with Gasteiger partial charge in [0.2, 0.25) is 5.91 Å². The molecule has 0 spiro atoms. The molecule has 1 aliphatic carbocycles. The Kier molecular flexibility index (Phi) is 8.11. The predicted octanol–water partition coefficient (Wildman–Crippen LogP) is 6.60. The van der Waals surface area contributed by atoms with Gasteiger partial charge in [-0.15, -0.1) is 0 Å². The van der Waals surface area contributed by atoms with E-state index in [2.05, 4.69) is 10.4 Å². The van der Waals surface area contributed by atoms with Gasteiger partial charge in [0.1, 0.15) is 0 Å². The molecule has 1 unspecified atom stereocenters. The molecule has 6 nitrogen and oxygen atoms in total. The Bertz CT molecular complexity index is 1330. The minimum atomic E-state index is -3.46. The summed E-state index contributed by atoms with van der Waals surface area (Å²) in [5.41, 5.74) is 1.63. The van der Waals surface area contributed by atoms with Gasteiger partial charge in [0.15, 0.2) is 15.7 Å². The summed E-state index contributed by atoms with van der Waals surface area (Å²) in [7, 11) is -3.46. The number of carbonyl (C=O) groups is 1. The lowest BCUT2D eigenvalue weighted by Crippen LogP contribution is -2.23. The van der Waals surface area contributed by atoms with E-state index in [1.165, 1.54) is 6.07 Å². The zero-order valence-corrected chi connectivity index (χ0v) is 22.3. The van der Waals surface area contributed by atoms with E-state index in [0.29, 0.717) is 40.3 Å². The van der Waals surface area contributed by atoms with Crippen molar-refractivity contribution in [2.45, 2.75) is 49.5 Å². The Labute approximate surface area is 220 Å². The average Bonchev–Trinajstić information content (AvgIpc) is 3.45. The SMILES string of the molecule is CS(=O)(=O)c1ccc(C(CC2CCCC2)C(=O)Nc2ccn(Cc3ccc(Cl)c(Cl)c3)n2)cc1Cl. The molecule has 10 heteroatoms. The number of rotatable bonds is 8. The molecule has 0 radical (unpaired) electrons. The fourth-order valence-corrected chi connectivity index (χ4v) is 6.22. The molecule has 1 heterocycles. The highest BCUT2D eigenvalue weighted by molar-refractivity contribution is 7.90. The van der Waals surface area contributed by atoms with Crippen LogP contribution in [0.5, 0.6) is 0 Å². The fraction of sp³-hybridized carbons (Fsp3) is 0.360. The zero-order chi connectivity index (χ0) is 25.2. The van der Waals surface area contributed by atoms with Crippen molar-refractivity contribution >= 4 is 56.4 Å². The van der Waals surface area contributed by atoms with Crippen LogP contribution < -0.4 is 5.32 Å². The summed E-state index contributed by atoms with van der Waals surface area (Å²) >= 11 is 18.4. The maximum atomic E-state index is 13.4. The Morgan fingerprint density at radius 1 is 1.06 bits per heavy atom. The van der Waals surface area contributed by atoms with Crippen molar-refractivity contribution in [2.75, 3.05) is 11.6 Å². The monoisotopic (exact) mass is 553 g/mol. The minimum absolute atomic E-state index is 0.0592. The molecule has 35 heavy (non-hydrogen) atoms. The van der Waals surface area contributed by atoms with Gasteiger partial charge >= 0.3 is 0 Å². The lowest BCUT2D eigenvalue weighted by atomic mass is 9.87. The van der Waals surface area contributed by atoms with Crippen LogP contribution in [0, 0.1) is 5.92 Å². The minimum Gasteiger partial charge on any atom is -0.309 e. The number of nitrogens with one attached hydrogen (secondary N) is 1. The number of halogens is 3. The smallest absolute Gasteiger partial charge is 0.233 e. The molecule has 1 fully saturated rings. The second kappa shape index (κ2) is 10.9. The average molecular weight is 555 g/mol. The number of hydrogen-bond donors (Lipinski definition) is 1. The van der Waals surface area contributed by atoms with Crippen LogP contribution in [0.4, 0.5) is 5.82 Å². The van der Waals surface area contributed by atoms with Gasteiger partial charge in [-0.05, 0) is 47.7 Å². The number of amides is 1. The molecule has 186 valence electrons. The molecular weight excluding hydrogens is 529 g/mol. The normalized spacial score (nSPS) is 15.3. The van der Waals surface area contributed by atoms with Crippen molar-refractivity contribution in [1.82, 2.24) is 9.78 Å². The van der Waals surface area contributed by atoms with Gasteiger partial charge < -0.3 is 5.32 Å². The first-order valence-corrected chi connectivity index (χ1v) is 14.4. The van der Waals surface area contributed by atoms with Crippen LogP contribution in [-0.4, -0.2) is 30.4 Å². The summed E-state index contributed by atoms with van der Waals surface area (Å²) in [6, 6.07) is 11.9. The largest absolute Gasteiger partial charge is 0.309 e. The van der Waals surface area contributed by atoms with E-state index in [0.717, 1.165) is 37.5 Å². The van der Waals surface area contributed by atoms with Gasteiger partial charge in [0.25, 0.3) is 0 Å². The van der Waals surface area contributed by atoms with Crippen LogP contribution in [-0.2, 0) is 21.2 Å². The van der Waals surface area contributed by atoms with E-state index < -0.39 is 15.8 Å². The lowest BCUT2D eigenvalue weighted by Gasteiger charge is -2.21. The van der Waals surface area contributed by atoms with E-state index in [9.17, 15) is 13.2 Å². The summed E-state index contributed by atoms with van der Waals surface area (Å²) in [5.74, 6) is 0.209. The molecule has 1 saturated carbocycles. The van der Waals surface area contributed by atoms with Crippen LogP contribution in [0.15, 0.2) is 53.6 Å². The van der Waals surface area contributed by atoms with Gasteiger partial charge in [0.05, 0.1) is 32.4 Å². The zero-order valence-electron chi connectivity index (χ0n) is 19.2. The molecule has 2 aromatic carbocycles. The van der Waals surface area contributed by atoms with Crippen molar-refractivity contribution in [3.05, 3.63) is 74.9 Å². The summed E-state index contributed by atoms with van der Waals surface area (Å²) in [6.07, 6.45) is 8.05. The van der Waals surface area contributed by atoms with Gasteiger partial charge in [-0.3, -0.25) is 9.48 Å². The molecule has 0 saturated heterocycles. The number of hydrogen-bond acceptors (Lipinski definition) is 4. The van der Waals surface area contributed by atoms with E-state index in [1.807, 2.05) is 6.07 Å². The Morgan fingerprint density at radius 3 is 2.46 bits per heavy atom. The number of anilines is 1. The molecule has 1 aromatic heterocycles. The first-order chi connectivity index (χ1) is 16.6. The molecule has 1 aliphatic rings. The maximum absolute atomic E-state index is 13.4.